The van der Waals surface area contributed by atoms with E-state index in [1.54, 1.807) is 0 Å². The van der Waals surface area contributed by atoms with Gasteiger partial charge in [0.15, 0.2) is 0 Å². The minimum Gasteiger partial charge on any atom is -0.478 e. The number of aryl methyl sites for hydroxylation is 1. The van der Waals surface area contributed by atoms with Crippen LogP contribution in [-0.4, -0.2) is 21.6 Å². The van der Waals surface area contributed by atoms with Crippen LogP contribution in [0.15, 0.2) is 34.3 Å². The molecule has 0 fully saturated rings. The monoisotopic (exact) mass is 264 g/mol. The van der Waals surface area contributed by atoms with Crippen molar-refractivity contribution >= 4 is 17.6 Å². The summed E-state index contributed by atoms with van der Waals surface area (Å²) in [6.07, 6.45) is 1.52. The van der Waals surface area contributed by atoms with Gasteiger partial charge in [0.2, 0.25) is 0 Å². The zero-order valence-electron chi connectivity index (χ0n) is 11.1. The van der Waals surface area contributed by atoms with Crippen LogP contribution in [0.3, 0.4) is 0 Å². The van der Waals surface area contributed by atoms with Crippen molar-refractivity contribution in [2.45, 2.75) is 27.3 Å². The molecule has 19 heavy (non-hydrogen) atoms. The van der Waals surface area contributed by atoms with Crippen LogP contribution >= 0.6 is 0 Å². The molecule has 0 aliphatic rings. The first-order valence-corrected chi connectivity index (χ1v) is 5.79. The van der Waals surface area contributed by atoms with Gasteiger partial charge in [-0.1, -0.05) is 0 Å². The highest BCUT2D eigenvalue weighted by molar-refractivity contribution is 6.07. The van der Waals surface area contributed by atoms with Crippen molar-refractivity contribution in [1.29, 1.82) is 0 Å². The zero-order chi connectivity index (χ0) is 14.6. The molecule has 1 heterocycles. The van der Waals surface area contributed by atoms with E-state index in [1.165, 1.54) is 36.7 Å². The van der Waals surface area contributed by atoms with Gasteiger partial charge < -0.3 is 15.0 Å². The van der Waals surface area contributed by atoms with Crippen LogP contribution in [0.2, 0.25) is 0 Å². The summed E-state index contributed by atoms with van der Waals surface area (Å²) in [6, 6.07) is 2.83. The van der Waals surface area contributed by atoms with E-state index in [-0.39, 0.29) is 16.7 Å². The predicted octanol–water partition coefficient (Wildman–Crippen LogP) is 1.23. The lowest BCUT2D eigenvalue weighted by atomic mass is 10.1. The van der Waals surface area contributed by atoms with Crippen LogP contribution in [0.1, 0.15) is 20.8 Å². The van der Waals surface area contributed by atoms with Crippen LogP contribution in [-0.2, 0) is 16.1 Å². The van der Waals surface area contributed by atoms with Crippen molar-refractivity contribution in [3.8, 4) is 0 Å². The molecule has 2 N–H and O–H groups in total. The first-order valence-electron chi connectivity index (χ1n) is 5.79. The van der Waals surface area contributed by atoms with Crippen molar-refractivity contribution < 1.29 is 14.7 Å². The number of carbonyl (C=O) groups excluding carboxylic acids is 1. The fourth-order valence-corrected chi connectivity index (χ4v) is 1.41. The topological polar surface area (TPSA) is 88.4 Å². The third kappa shape index (κ3) is 3.54. The number of pyridine rings is 1. The summed E-state index contributed by atoms with van der Waals surface area (Å²) in [5.74, 6) is -1.63. The summed E-state index contributed by atoms with van der Waals surface area (Å²) in [7, 11) is 0. The summed E-state index contributed by atoms with van der Waals surface area (Å²) in [5.41, 5.74) is 0.404. The molecule has 1 aromatic rings. The average molecular weight is 264 g/mol. The molecule has 6 nitrogen and oxygen atoms in total. The predicted molar refractivity (Wildman–Crippen MR) is 71.0 cm³/mol. The zero-order valence-corrected chi connectivity index (χ0v) is 11.1. The van der Waals surface area contributed by atoms with Crippen molar-refractivity contribution in [1.82, 2.24) is 4.57 Å². The minimum absolute atomic E-state index is 0.0127. The number of aliphatic carboxylic acids is 1. The van der Waals surface area contributed by atoms with Gasteiger partial charge in [-0.25, -0.2) is 4.79 Å². The third-order valence-corrected chi connectivity index (χ3v) is 2.81. The molecule has 1 rings (SSSR count). The average Bonchev–Trinajstić information content (AvgIpc) is 2.38. The van der Waals surface area contributed by atoms with Crippen molar-refractivity contribution in [2.75, 3.05) is 5.32 Å². The summed E-state index contributed by atoms with van der Waals surface area (Å²) in [5, 5.41) is 11.4. The molecule has 0 radical (unpaired) electrons. The number of hydrogen-bond acceptors (Lipinski definition) is 3. The second-order valence-electron chi connectivity index (χ2n) is 4.05. The van der Waals surface area contributed by atoms with Gasteiger partial charge in [-0.05, 0) is 26.8 Å². The van der Waals surface area contributed by atoms with E-state index >= 15 is 0 Å². The van der Waals surface area contributed by atoms with E-state index in [4.69, 9.17) is 5.11 Å². The minimum atomic E-state index is -1.13. The van der Waals surface area contributed by atoms with E-state index in [2.05, 4.69) is 5.32 Å². The molecule has 0 spiro atoms. The Hall–Kier alpha value is -2.37. The standard InChI is InChI=1S/C13H16N2O4/c1-4-15-7-10(5-6-11(15)16)14-12(17)8(2)9(3)13(18)19/h5-7H,4H2,1-3H3,(H,14,17)(H,18,19)/b9-8-. The molecule has 1 aromatic heterocycles. The summed E-state index contributed by atoms with van der Waals surface area (Å²) in [4.78, 5) is 34.0. The number of nitrogens with one attached hydrogen (secondary N) is 1. The molecule has 102 valence electrons. The molecule has 0 aromatic carbocycles. The molecule has 0 unspecified atom stereocenters. The lowest BCUT2D eigenvalue weighted by Crippen LogP contribution is -2.21. The van der Waals surface area contributed by atoms with E-state index in [0.29, 0.717) is 12.2 Å². The Morgan fingerprint density at radius 1 is 1.26 bits per heavy atom. The molecule has 6 heteroatoms. The highest BCUT2D eigenvalue weighted by atomic mass is 16.4. The van der Waals surface area contributed by atoms with Crippen molar-refractivity contribution in [3.05, 3.63) is 39.8 Å². The maximum Gasteiger partial charge on any atom is 0.331 e. The molecule has 0 saturated heterocycles. The maximum atomic E-state index is 11.8. The van der Waals surface area contributed by atoms with Gasteiger partial charge in [0.25, 0.3) is 11.5 Å². The number of carboxylic acid groups (broad SMARTS) is 1. The smallest absolute Gasteiger partial charge is 0.331 e. The van der Waals surface area contributed by atoms with E-state index in [1.807, 2.05) is 6.92 Å². The summed E-state index contributed by atoms with van der Waals surface area (Å²) < 4.78 is 1.44. The van der Waals surface area contributed by atoms with Crippen LogP contribution in [0.5, 0.6) is 0 Å². The van der Waals surface area contributed by atoms with Gasteiger partial charge >= 0.3 is 5.97 Å². The molecular weight excluding hydrogens is 248 g/mol. The number of rotatable bonds is 4. The second-order valence-corrected chi connectivity index (χ2v) is 4.05. The quantitative estimate of drug-likeness (QED) is 0.800. The van der Waals surface area contributed by atoms with Crippen LogP contribution in [0.25, 0.3) is 0 Å². The molecule has 1 amide bonds. The number of amides is 1. The second kappa shape index (κ2) is 5.99. The Balaban J connectivity index is 2.98. The third-order valence-electron chi connectivity index (χ3n) is 2.81. The molecule has 0 atom stereocenters. The van der Waals surface area contributed by atoms with Gasteiger partial charge in [-0.3, -0.25) is 9.59 Å². The first kappa shape index (κ1) is 14.7. The van der Waals surface area contributed by atoms with Gasteiger partial charge in [0, 0.05) is 30.0 Å². The van der Waals surface area contributed by atoms with E-state index in [0.717, 1.165) is 0 Å². The normalized spacial score (nSPS) is 11.7. The maximum absolute atomic E-state index is 11.8. The van der Waals surface area contributed by atoms with Crippen LogP contribution in [0, 0.1) is 0 Å². The number of nitrogens with zero attached hydrogens (tertiary/aromatic N) is 1. The summed E-state index contributed by atoms with van der Waals surface area (Å²) in [6.45, 7) is 5.11. The number of hydrogen-bond donors (Lipinski definition) is 2. The Morgan fingerprint density at radius 3 is 2.42 bits per heavy atom. The number of carbonyl (C=O) groups is 2. The Labute approximate surface area is 110 Å². The van der Waals surface area contributed by atoms with Crippen LogP contribution < -0.4 is 10.9 Å². The van der Waals surface area contributed by atoms with Gasteiger partial charge in [-0.15, -0.1) is 0 Å². The van der Waals surface area contributed by atoms with Gasteiger partial charge in [0.1, 0.15) is 0 Å². The number of aromatic nitrogens is 1. The summed E-state index contributed by atoms with van der Waals surface area (Å²) >= 11 is 0. The Bertz CT molecular complexity index is 599. The van der Waals surface area contributed by atoms with Crippen molar-refractivity contribution in [2.24, 2.45) is 0 Å². The number of anilines is 1. The van der Waals surface area contributed by atoms with Crippen molar-refractivity contribution in [3.63, 3.8) is 0 Å². The molecule has 0 aliphatic carbocycles. The largest absolute Gasteiger partial charge is 0.478 e. The van der Waals surface area contributed by atoms with Crippen LogP contribution in [0.4, 0.5) is 5.69 Å². The highest BCUT2D eigenvalue weighted by Gasteiger charge is 2.13. The highest BCUT2D eigenvalue weighted by Crippen LogP contribution is 2.09. The van der Waals surface area contributed by atoms with Gasteiger partial charge in [0.05, 0.1) is 5.69 Å². The van der Waals surface area contributed by atoms with E-state index < -0.39 is 11.9 Å². The number of carboxylic acids is 1. The molecular formula is C13H16N2O4. The Kier molecular flexibility index (Phi) is 4.63. The molecule has 0 saturated carbocycles. The SMILES string of the molecule is CCn1cc(NC(=O)/C(C)=C(/C)C(=O)O)ccc1=O. The fraction of sp³-hybridized carbons (Fsp3) is 0.308. The van der Waals surface area contributed by atoms with Gasteiger partial charge in [-0.2, -0.15) is 0 Å². The fourth-order valence-electron chi connectivity index (χ4n) is 1.41. The molecule has 0 bridgehead atoms. The lowest BCUT2D eigenvalue weighted by molar-refractivity contribution is -0.133. The molecule has 0 aliphatic heterocycles. The first-order chi connectivity index (χ1) is 8.86. The lowest BCUT2D eigenvalue weighted by Gasteiger charge is -2.09. The Morgan fingerprint density at radius 2 is 1.89 bits per heavy atom. The van der Waals surface area contributed by atoms with E-state index in [9.17, 15) is 14.4 Å².